The van der Waals surface area contributed by atoms with Crippen LogP contribution in [0.15, 0.2) is 24.5 Å². The molecule has 108 valence electrons. The highest BCUT2D eigenvalue weighted by atomic mass is 19.1. The van der Waals surface area contributed by atoms with Gasteiger partial charge in [0, 0.05) is 25.2 Å². The number of hydrogen-bond donors (Lipinski definition) is 0. The highest BCUT2D eigenvalue weighted by Crippen LogP contribution is 2.33. The van der Waals surface area contributed by atoms with Crippen LogP contribution in [0.2, 0.25) is 0 Å². The minimum absolute atomic E-state index is 0.101. The molecule has 1 fully saturated rings. The Hall–Kier alpha value is -1.71. The maximum Gasteiger partial charge on any atom is 0.181 e. The van der Waals surface area contributed by atoms with Crippen molar-refractivity contribution in [1.82, 2.24) is 4.98 Å². The van der Waals surface area contributed by atoms with Gasteiger partial charge in [-0.05, 0) is 24.7 Å². The zero-order valence-corrected chi connectivity index (χ0v) is 12.3. The fourth-order valence-corrected chi connectivity index (χ4v) is 2.67. The number of allylic oxidation sites excluding steroid dienone is 1. The molecule has 2 atom stereocenters. The van der Waals surface area contributed by atoms with E-state index in [2.05, 4.69) is 25.4 Å². The number of hydrogen-bond acceptors (Lipinski definition) is 3. The SMILES string of the molecule is C=C1C(C)C(C)CCCN1c1cnc(C(C)=O)c(F)c1. The molecule has 0 aliphatic carbocycles. The lowest BCUT2D eigenvalue weighted by atomic mass is 9.91. The topological polar surface area (TPSA) is 33.2 Å². The molecular formula is C16H21FN2O. The first-order valence-electron chi connectivity index (χ1n) is 7.04. The van der Waals surface area contributed by atoms with E-state index in [1.807, 2.05) is 4.90 Å². The van der Waals surface area contributed by atoms with E-state index in [9.17, 15) is 9.18 Å². The summed E-state index contributed by atoms with van der Waals surface area (Å²) in [6.45, 7) is 10.7. The molecular weight excluding hydrogens is 255 g/mol. The molecule has 2 unspecified atom stereocenters. The molecule has 1 aromatic heterocycles. The molecule has 0 bridgehead atoms. The van der Waals surface area contributed by atoms with Gasteiger partial charge < -0.3 is 4.90 Å². The summed E-state index contributed by atoms with van der Waals surface area (Å²) in [5.74, 6) is 0.00771. The van der Waals surface area contributed by atoms with Crippen LogP contribution in [0, 0.1) is 17.7 Å². The number of carbonyl (C=O) groups is 1. The van der Waals surface area contributed by atoms with E-state index in [4.69, 9.17) is 0 Å². The number of halogens is 1. The first-order chi connectivity index (χ1) is 9.41. The van der Waals surface area contributed by atoms with Crippen molar-refractivity contribution >= 4 is 11.5 Å². The number of aromatic nitrogens is 1. The van der Waals surface area contributed by atoms with Crippen molar-refractivity contribution in [2.45, 2.75) is 33.6 Å². The summed E-state index contributed by atoms with van der Waals surface area (Å²) in [5.41, 5.74) is 1.57. The van der Waals surface area contributed by atoms with Crippen molar-refractivity contribution in [2.75, 3.05) is 11.4 Å². The largest absolute Gasteiger partial charge is 0.344 e. The van der Waals surface area contributed by atoms with Crippen molar-refractivity contribution < 1.29 is 9.18 Å². The van der Waals surface area contributed by atoms with Crippen molar-refractivity contribution in [2.24, 2.45) is 11.8 Å². The molecule has 3 nitrogen and oxygen atoms in total. The van der Waals surface area contributed by atoms with Gasteiger partial charge in [-0.1, -0.05) is 20.4 Å². The summed E-state index contributed by atoms with van der Waals surface area (Å²) in [6.07, 6.45) is 3.74. The summed E-state index contributed by atoms with van der Waals surface area (Å²) in [7, 11) is 0. The van der Waals surface area contributed by atoms with E-state index in [0.717, 1.165) is 25.1 Å². The van der Waals surface area contributed by atoms with Gasteiger partial charge in [-0.3, -0.25) is 4.79 Å². The van der Waals surface area contributed by atoms with E-state index in [0.29, 0.717) is 17.5 Å². The second-order valence-corrected chi connectivity index (χ2v) is 5.63. The van der Waals surface area contributed by atoms with Crippen LogP contribution >= 0.6 is 0 Å². The lowest BCUT2D eigenvalue weighted by Crippen LogP contribution is -2.26. The highest BCUT2D eigenvalue weighted by Gasteiger charge is 2.25. The van der Waals surface area contributed by atoms with Gasteiger partial charge in [0.05, 0.1) is 11.9 Å². The van der Waals surface area contributed by atoms with Crippen molar-refractivity contribution in [3.63, 3.8) is 0 Å². The molecule has 1 aliphatic rings. The average Bonchev–Trinajstić information content (AvgIpc) is 2.52. The minimum atomic E-state index is -0.562. The number of rotatable bonds is 2. The standard InChI is InChI=1S/C16H21FN2O/c1-10-6-5-7-19(12(3)11(10)2)14-8-15(17)16(13(4)20)18-9-14/h8-11H,3,5-7H2,1-2,4H3. The van der Waals surface area contributed by atoms with Crippen molar-refractivity contribution in [3.05, 3.63) is 36.1 Å². The molecule has 0 aromatic carbocycles. The Kier molecular flexibility index (Phi) is 4.21. The number of ketones is 1. The van der Waals surface area contributed by atoms with Gasteiger partial charge in [-0.25, -0.2) is 9.37 Å². The van der Waals surface area contributed by atoms with Crippen LogP contribution in [0.25, 0.3) is 0 Å². The van der Waals surface area contributed by atoms with Crippen LogP contribution < -0.4 is 4.90 Å². The lowest BCUT2D eigenvalue weighted by Gasteiger charge is -2.29. The summed E-state index contributed by atoms with van der Waals surface area (Å²) in [5, 5.41) is 0. The third-order valence-electron chi connectivity index (χ3n) is 4.24. The van der Waals surface area contributed by atoms with Crippen molar-refractivity contribution in [3.8, 4) is 0 Å². The second-order valence-electron chi connectivity index (χ2n) is 5.63. The zero-order valence-electron chi connectivity index (χ0n) is 12.3. The van der Waals surface area contributed by atoms with E-state index in [-0.39, 0.29) is 11.5 Å². The van der Waals surface area contributed by atoms with E-state index >= 15 is 0 Å². The Labute approximate surface area is 119 Å². The van der Waals surface area contributed by atoms with Crippen LogP contribution in [0.3, 0.4) is 0 Å². The Morgan fingerprint density at radius 1 is 1.50 bits per heavy atom. The van der Waals surface area contributed by atoms with Crippen LogP contribution in [0.4, 0.5) is 10.1 Å². The van der Waals surface area contributed by atoms with Crippen LogP contribution in [0.5, 0.6) is 0 Å². The quantitative estimate of drug-likeness (QED) is 0.770. The molecule has 1 aliphatic heterocycles. The lowest BCUT2D eigenvalue weighted by molar-refractivity contribution is 0.100. The Balaban J connectivity index is 2.33. The summed E-state index contributed by atoms with van der Waals surface area (Å²) in [6, 6.07) is 1.39. The smallest absolute Gasteiger partial charge is 0.181 e. The maximum absolute atomic E-state index is 13.9. The predicted molar refractivity (Wildman–Crippen MR) is 78.2 cm³/mol. The second kappa shape index (κ2) is 5.73. The Morgan fingerprint density at radius 3 is 2.80 bits per heavy atom. The molecule has 0 N–H and O–H groups in total. The van der Waals surface area contributed by atoms with Gasteiger partial charge in [0.2, 0.25) is 0 Å². The summed E-state index contributed by atoms with van der Waals surface area (Å²) >= 11 is 0. The van der Waals surface area contributed by atoms with E-state index < -0.39 is 5.82 Å². The van der Waals surface area contributed by atoms with Gasteiger partial charge in [0.1, 0.15) is 5.69 Å². The number of pyridine rings is 1. The van der Waals surface area contributed by atoms with Gasteiger partial charge in [0.25, 0.3) is 0 Å². The molecule has 0 amide bonds. The molecule has 1 aromatic rings. The van der Waals surface area contributed by atoms with Crippen LogP contribution in [-0.4, -0.2) is 17.3 Å². The first-order valence-corrected chi connectivity index (χ1v) is 7.04. The number of anilines is 1. The number of Topliss-reactive ketones (excluding diaryl/α,β-unsaturated/α-hetero) is 1. The minimum Gasteiger partial charge on any atom is -0.344 e. The van der Waals surface area contributed by atoms with Crippen molar-refractivity contribution in [1.29, 1.82) is 0 Å². The average molecular weight is 276 g/mol. The molecule has 0 radical (unpaired) electrons. The van der Waals surface area contributed by atoms with Crippen LogP contribution in [0.1, 0.15) is 44.1 Å². The monoisotopic (exact) mass is 276 g/mol. The van der Waals surface area contributed by atoms with E-state index in [1.165, 1.54) is 13.0 Å². The normalized spacial score (nSPS) is 23.6. The third kappa shape index (κ3) is 2.74. The van der Waals surface area contributed by atoms with Gasteiger partial charge in [-0.15, -0.1) is 0 Å². The maximum atomic E-state index is 13.9. The molecule has 0 spiro atoms. The molecule has 2 rings (SSSR count). The van der Waals surface area contributed by atoms with Crippen LogP contribution in [-0.2, 0) is 0 Å². The predicted octanol–water partition coefficient (Wildman–Crippen LogP) is 3.81. The molecule has 1 saturated heterocycles. The van der Waals surface area contributed by atoms with Gasteiger partial charge >= 0.3 is 0 Å². The fraction of sp³-hybridized carbons (Fsp3) is 0.500. The van der Waals surface area contributed by atoms with Gasteiger partial charge in [-0.2, -0.15) is 0 Å². The Morgan fingerprint density at radius 2 is 2.20 bits per heavy atom. The highest BCUT2D eigenvalue weighted by molar-refractivity contribution is 5.92. The summed E-state index contributed by atoms with van der Waals surface area (Å²) in [4.78, 5) is 17.2. The molecule has 4 heteroatoms. The number of carbonyl (C=O) groups excluding carboxylic acids is 1. The fourth-order valence-electron chi connectivity index (χ4n) is 2.67. The first kappa shape index (κ1) is 14.7. The molecule has 2 heterocycles. The van der Waals surface area contributed by atoms with Gasteiger partial charge in [0.15, 0.2) is 11.6 Å². The van der Waals surface area contributed by atoms with E-state index in [1.54, 1.807) is 6.20 Å². The molecule has 20 heavy (non-hydrogen) atoms. The Bertz CT molecular complexity index is 541. The molecule has 0 saturated carbocycles. The summed E-state index contributed by atoms with van der Waals surface area (Å²) < 4.78 is 13.9. The number of nitrogens with zero attached hydrogens (tertiary/aromatic N) is 2. The third-order valence-corrected chi connectivity index (χ3v) is 4.24. The zero-order chi connectivity index (χ0) is 14.9.